The highest BCUT2D eigenvalue weighted by molar-refractivity contribution is 5.96. The van der Waals surface area contributed by atoms with Crippen LogP contribution in [0.25, 0.3) is 0 Å². The minimum atomic E-state index is -0.987. The molecule has 0 unspecified atom stereocenters. The number of pyridine rings is 1. The van der Waals surface area contributed by atoms with Crippen molar-refractivity contribution in [2.24, 2.45) is 0 Å². The molecule has 0 radical (unpaired) electrons. The zero-order chi connectivity index (χ0) is 14.1. The van der Waals surface area contributed by atoms with E-state index >= 15 is 0 Å². The molecule has 19 heavy (non-hydrogen) atoms. The normalized spacial score (nSPS) is 11.8. The molecular weight excluding hydrogens is 244 g/mol. The summed E-state index contributed by atoms with van der Waals surface area (Å²) in [6, 6.07) is 2.30. The summed E-state index contributed by atoms with van der Waals surface area (Å²) in [6.45, 7) is 2.10. The molecule has 1 atom stereocenters. The first kappa shape index (κ1) is 15.1. The third kappa shape index (κ3) is 5.50. The summed E-state index contributed by atoms with van der Waals surface area (Å²) in [5, 5.41) is 11.6. The van der Waals surface area contributed by atoms with Gasteiger partial charge in [0.2, 0.25) is 0 Å². The fraction of sp³-hybridized carbons (Fsp3) is 0.500. The van der Waals surface area contributed by atoms with Crippen LogP contribution >= 0.6 is 0 Å². The molecule has 1 rings (SSSR count). The lowest BCUT2D eigenvalue weighted by molar-refractivity contribution is -0.139. The number of unbranched alkanes of at least 4 members (excludes halogenated alkanes) is 3. The Morgan fingerprint density at radius 2 is 1.95 bits per heavy atom. The van der Waals surface area contributed by atoms with Gasteiger partial charge in [-0.05, 0) is 18.6 Å². The highest BCUT2D eigenvalue weighted by atomic mass is 16.4. The van der Waals surface area contributed by atoms with E-state index in [2.05, 4.69) is 17.2 Å². The van der Waals surface area contributed by atoms with Crippen molar-refractivity contribution in [3.8, 4) is 0 Å². The number of hydrogen-bond acceptors (Lipinski definition) is 3. The Hall–Kier alpha value is -1.91. The number of carbonyl (C=O) groups excluding carboxylic acids is 1. The van der Waals surface area contributed by atoms with Gasteiger partial charge in [0.15, 0.2) is 0 Å². The van der Waals surface area contributed by atoms with Gasteiger partial charge >= 0.3 is 5.97 Å². The van der Waals surface area contributed by atoms with Gasteiger partial charge in [-0.3, -0.25) is 9.78 Å². The average Bonchev–Trinajstić information content (AvgIpc) is 2.42. The molecule has 1 amide bonds. The SMILES string of the molecule is CCCCCC[C@@H](NC(=O)c1ccncc1)C(=O)O. The molecule has 0 spiro atoms. The van der Waals surface area contributed by atoms with Crippen molar-refractivity contribution >= 4 is 11.9 Å². The van der Waals surface area contributed by atoms with Gasteiger partial charge in [0.1, 0.15) is 6.04 Å². The van der Waals surface area contributed by atoms with E-state index in [1.807, 2.05) is 0 Å². The van der Waals surface area contributed by atoms with Crippen molar-refractivity contribution in [1.29, 1.82) is 0 Å². The molecule has 0 saturated carbocycles. The van der Waals surface area contributed by atoms with Crippen LogP contribution in [0.3, 0.4) is 0 Å². The Morgan fingerprint density at radius 1 is 1.26 bits per heavy atom. The number of hydrogen-bond donors (Lipinski definition) is 2. The van der Waals surface area contributed by atoms with E-state index in [-0.39, 0.29) is 5.91 Å². The summed E-state index contributed by atoms with van der Waals surface area (Å²) in [6.07, 6.45) is 7.46. The lowest BCUT2D eigenvalue weighted by atomic mass is 10.1. The van der Waals surface area contributed by atoms with Crippen LogP contribution in [0.1, 0.15) is 49.4 Å². The number of aromatic nitrogens is 1. The van der Waals surface area contributed by atoms with E-state index < -0.39 is 12.0 Å². The Kier molecular flexibility index (Phi) is 6.57. The van der Waals surface area contributed by atoms with E-state index in [4.69, 9.17) is 5.11 Å². The number of nitrogens with one attached hydrogen (secondary N) is 1. The number of nitrogens with zero attached hydrogens (tertiary/aromatic N) is 1. The second-order valence-electron chi connectivity index (χ2n) is 4.45. The van der Waals surface area contributed by atoms with Gasteiger partial charge in [-0.2, -0.15) is 0 Å². The second-order valence-corrected chi connectivity index (χ2v) is 4.45. The van der Waals surface area contributed by atoms with Crippen LogP contribution in [-0.2, 0) is 4.79 Å². The maximum Gasteiger partial charge on any atom is 0.326 e. The minimum Gasteiger partial charge on any atom is -0.480 e. The molecule has 1 aromatic heterocycles. The summed E-state index contributed by atoms with van der Waals surface area (Å²) in [4.78, 5) is 26.8. The van der Waals surface area contributed by atoms with E-state index in [0.29, 0.717) is 12.0 Å². The quantitative estimate of drug-likeness (QED) is 0.706. The molecule has 0 bridgehead atoms. The summed E-state index contributed by atoms with van der Waals surface area (Å²) < 4.78 is 0. The van der Waals surface area contributed by atoms with Crippen molar-refractivity contribution in [2.45, 2.75) is 45.1 Å². The van der Waals surface area contributed by atoms with Gasteiger partial charge in [0.05, 0.1) is 0 Å². The molecule has 1 aromatic rings. The van der Waals surface area contributed by atoms with E-state index in [1.165, 1.54) is 12.4 Å². The zero-order valence-corrected chi connectivity index (χ0v) is 11.1. The van der Waals surface area contributed by atoms with Crippen LogP contribution in [-0.4, -0.2) is 28.0 Å². The van der Waals surface area contributed by atoms with Crippen LogP contribution in [0.2, 0.25) is 0 Å². The largest absolute Gasteiger partial charge is 0.480 e. The molecule has 5 nitrogen and oxygen atoms in total. The maximum absolute atomic E-state index is 11.8. The van der Waals surface area contributed by atoms with Crippen molar-refractivity contribution in [2.75, 3.05) is 0 Å². The van der Waals surface area contributed by atoms with E-state index in [0.717, 1.165) is 25.7 Å². The molecule has 0 fully saturated rings. The first-order valence-corrected chi connectivity index (χ1v) is 6.58. The minimum absolute atomic E-state index is 0.370. The molecule has 5 heteroatoms. The molecular formula is C14H20N2O3. The Bertz CT molecular complexity index is 406. The van der Waals surface area contributed by atoms with E-state index in [1.54, 1.807) is 12.1 Å². The topological polar surface area (TPSA) is 79.3 Å². The second kappa shape index (κ2) is 8.24. The average molecular weight is 264 g/mol. The third-order valence-electron chi connectivity index (χ3n) is 2.89. The molecule has 1 heterocycles. The van der Waals surface area contributed by atoms with Gasteiger partial charge in [-0.1, -0.05) is 32.6 Å². The van der Waals surface area contributed by atoms with Gasteiger partial charge in [-0.15, -0.1) is 0 Å². The molecule has 0 aliphatic heterocycles. The van der Waals surface area contributed by atoms with Crippen LogP contribution < -0.4 is 5.32 Å². The highest BCUT2D eigenvalue weighted by Gasteiger charge is 2.19. The smallest absolute Gasteiger partial charge is 0.326 e. The van der Waals surface area contributed by atoms with Gasteiger partial charge in [-0.25, -0.2) is 4.79 Å². The lowest BCUT2D eigenvalue weighted by Gasteiger charge is -2.14. The van der Waals surface area contributed by atoms with Crippen molar-refractivity contribution in [3.05, 3.63) is 30.1 Å². The number of carboxylic acids is 1. The number of carbonyl (C=O) groups is 2. The molecule has 0 aromatic carbocycles. The number of aliphatic carboxylic acids is 1. The molecule has 0 saturated heterocycles. The summed E-state index contributed by atoms with van der Waals surface area (Å²) in [5.41, 5.74) is 0.426. The zero-order valence-electron chi connectivity index (χ0n) is 11.1. The first-order chi connectivity index (χ1) is 9.15. The Labute approximate surface area is 113 Å². The predicted molar refractivity (Wildman–Crippen MR) is 71.9 cm³/mol. The maximum atomic E-state index is 11.8. The molecule has 104 valence electrons. The van der Waals surface area contributed by atoms with Gasteiger partial charge in [0, 0.05) is 18.0 Å². The summed E-state index contributed by atoms with van der Waals surface area (Å²) >= 11 is 0. The number of rotatable bonds is 8. The first-order valence-electron chi connectivity index (χ1n) is 6.58. The monoisotopic (exact) mass is 264 g/mol. The number of carboxylic acid groups (broad SMARTS) is 1. The summed E-state index contributed by atoms with van der Waals surface area (Å²) in [5.74, 6) is -1.36. The van der Waals surface area contributed by atoms with Crippen molar-refractivity contribution < 1.29 is 14.7 Å². The lowest BCUT2D eigenvalue weighted by Crippen LogP contribution is -2.40. The van der Waals surface area contributed by atoms with Crippen LogP contribution in [0.15, 0.2) is 24.5 Å². The molecule has 0 aliphatic carbocycles. The Morgan fingerprint density at radius 3 is 2.53 bits per heavy atom. The fourth-order valence-electron chi connectivity index (χ4n) is 1.78. The van der Waals surface area contributed by atoms with Gasteiger partial charge < -0.3 is 10.4 Å². The highest BCUT2D eigenvalue weighted by Crippen LogP contribution is 2.07. The molecule has 2 N–H and O–H groups in total. The third-order valence-corrected chi connectivity index (χ3v) is 2.89. The molecule has 0 aliphatic rings. The fourth-order valence-corrected chi connectivity index (χ4v) is 1.78. The van der Waals surface area contributed by atoms with Crippen molar-refractivity contribution in [3.63, 3.8) is 0 Å². The predicted octanol–water partition coefficient (Wildman–Crippen LogP) is 2.23. The summed E-state index contributed by atoms with van der Waals surface area (Å²) in [7, 11) is 0. The van der Waals surface area contributed by atoms with Crippen molar-refractivity contribution in [1.82, 2.24) is 10.3 Å². The van der Waals surface area contributed by atoms with Crippen LogP contribution in [0.4, 0.5) is 0 Å². The van der Waals surface area contributed by atoms with Crippen LogP contribution in [0.5, 0.6) is 0 Å². The standard InChI is InChI=1S/C14H20N2O3/c1-2-3-4-5-6-12(14(18)19)16-13(17)11-7-9-15-10-8-11/h7-10,12H,2-6H2,1H3,(H,16,17)(H,18,19)/t12-/m1/s1. The van der Waals surface area contributed by atoms with E-state index in [9.17, 15) is 9.59 Å². The number of amides is 1. The van der Waals surface area contributed by atoms with Gasteiger partial charge in [0.25, 0.3) is 5.91 Å². The Balaban J connectivity index is 2.49. The van der Waals surface area contributed by atoms with Crippen LogP contribution in [0, 0.1) is 0 Å².